The maximum absolute atomic E-state index is 6.68. The summed E-state index contributed by atoms with van der Waals surface area (Å²) in [7, 11) is 6.68. The predicted octanol–water partition coefficient (Wildman–Crippen LogP) is 3.46. The van der Waals surface area contributed by atoms with Crippen LogP contribution < -0.4 is 3.58 Å². The van der Waals surface area contributed by atoms with Gasteiger partial charge in [0.25, 0.3) is 0 Å². The Morgan fingerprint density at radius 2 is 1.64 bits per heavy atom. The molecule has 0 heterocycles. The Kier molecular flexibility index (Phi) is 4.18. The second-order valence-electron chi connectivity index (χ2n) is 4.05. The Labute approximate surface area is 97.1 Å². The molecule has 0 unspecified atom stereocenters. The number of hydrogen-bond acceptors (Lipinski definition) is 0. The van der Waals surface area contributed by atoms with Gasteiger partial charge in [0, 0.05) is 0 Å². The van der Waals surface area contributed by atoms with Gasteiger partial charge >= 0.3 is 97.5 Å². The van der Waals surface area contributed by atoms with Gasteiger partial charge in [-0.2, -0.15) is 0 Å². The molecule has 2 heteroatoms. The Morgan fingerprint density at radius 1 is 1.00 bits per heavy atom. The van der Waals surface area contributed by atoms with Crippen molar-refractivity contribution in [3.05, 3.63) is 30.3 Å². The van der Waals surface area contributed by atoms with Crippen LogP contribution in [-0.2, 0) is 0 Å². The van der Waals surface area contributed by atoms with E-state index >= 15 is 0 Å². The molecule has 0 atom stereocenters. The van der Waals surface area contributed by atoms with Crippen molar-refractivity contribution in [1.82, 2.24) is 0 Å². The molecule has 0 saturated heterocycles. The number of halogens is 1. The quantitative estimate of drug-likeness (QED) is 0.734. The zero-order valence-electron chi connectivity index (χ0n) is 8.38. The van der Waals surface area contributed by atoms with Crippen molar-refractivity contribution in [3.63, 3.8) is 0 Å². The molecule has 1 aromatic carbocycles. The van der Waals surface area contributed by atoms with Crippen molar-refractivity contribution < 1.29 is 0 Å². The summed E-state index contributed by atoms with van der Waals surface area (Å²) >= 11 is -1.75. The van der Waals surface area contributed by atoms with Gasteiger partial charge in [0.2, 0.25) is 0 Å². The van der Waals surface area contributed by atoms with E-state index in [4.69, 9.17) is 8.92 Å². The van der Waals surface area contributed by atoms with E-state index in [1.807, 2.05) is 0 Å². The van der Waals surface area contributed by atoms with Crippen molar-refractivity contribution in [3.8, 4) is 0 Å². The van der Waals surface area contributed by atoms with E-state index in [0.29, 0.717) is 0 Å². The number of rotatable bonds is 2. The van der Waals surface area contributed by atoms with Crippen LogP contribution in [0.3, 0.4) is 0 Å². The van der Waals surface area contributed by atoms with Crippen molar-refractivity contribution >= 4 is 31.1 Å². The van der Waals surface area contributed by atoms with Gasteiger partial charge in [-0.15, -0.1) is 0 Å². The van der Waals surface area contributed by atoms with E-state index < -0.39 is 18.6 Å². The van der Waals surface area contributed by atoms with Crippen molar-refractivity contribution in [2.24, 2.45) is 0 Å². The van der Waals surface area contributed by atoms with E-state index in [2.05, 4.69) is 30.3 Å². The Bertz CT molecular complexity index is 267. The predicted molar refractivity (Wildman–Crippen MR) is 64.5 cm³/mol. The SMILES string of the molecule is [Cl][Sn]([c]1ccccc1)[CH]1CCCCC1. The molecule has 0 N–H and O–H groups in total. The average Bonchev–Trinajstić information content (AvgIpc) is 2.30. The molecular formula is C12H16ClSn. The summed E-state index contributed by atoms with van der Waals surface area (Å²) < 4.78 is 2.39. The second kappa shape index (κ2) is 5.41. The maximum atomic E-state index is 6.68. The van der Waals surface area contributed by atoms with E-state index in [-0.39, 0.29) is 0 Å². The van der Waals surface area contributed by atoms with Crippen LogP contribution in [0.4, 0.5) is 0 Å². The first-order valence-electron chi connectivity index (χ1n) is 5.45. The molecule has 0 aromatic heterocycles. The van der Waals surface area contributed by atoms with Gasteiger partial charge in [-0.3, -0.25) is 0 Å². The first-order chi connectivity index (χ1) is 6.88. The number of benzene rings is 1. The third-order valence-electron chi connectivity index (χ3n) is 3.01. The van der Waals surface area contributed by atoms with E-state index in [1.54, 1.807) is 0 Å². The fraction of sp³-hybridized carbons (Fsp3) is 0.500. The van der Waals surface area contributed by atoms with Gasteiger partial charge in [0.05, 0.1) is 0 Å². The molecule has 0 spiro atoms. The molecule has 1 fully saturated rings. The molecule has 1 saturated carbocycles. The first-order valence-corrected chi connectivity index (χ1v) is 12.1. The summed E-state index contributed by atoms with van der Waals surface area (Å²) in [5.41, 5.74) is 0. The van der Waals surface area contributed by atoms with Gasteiger partial charge in [-0.25, -0.2) is 0 Å². The fourth-order valence-electron chi connectivity index (χ4n) is 2.19. The molecular weight excluding hydrogens is 298 g/mol. The molecule has 1 aliphatic carbocycles. The summed E-state index contributed by atoms with van der Waals surface area (Å²) in [5.74, 6) is 0. The monoisotopic (exact) mass is 315 g/mol. The van der Waals surface area contributed by atoms with Crippen LogP contribution in [0.5, 0.6) is 0 Å². The van der Waals surface area contributed by atoms with Crippen LogP contribution in [0.15, 0.2) is 30.3 Å². The number of hydrogen-bond donors (Lipinski definition) is 0. The molecule has 0 amide bonds. The molecule has 1 radical (unpaired) electrons. The van der Waals surface area contributed by atoms with Gasteiger partial charge in [0.15, 0.2) is 0 Å². The molecule has 1 aromatic rings. The first kappa shape index (κ1) is 10.8. The molecule has 14 heavy (non-hydrogen) atoms. The zero-order chi connectivity index (χ0) is 9.80. The van der Waals surface area contributed by atoms with E-state index in [9.17, 15) is 0 Å². The van der Waals surface area contributed by atoms with Crippen molar-refractivity contribution in [2.45, 2.75) is 36.0 Å². The van der Waals surface area contributed by atoms with Crippen LogP contribution in [-0.4, -0.2) is 18.6 Å². The molecule has 0 bridgehead atoms. The normalized spacial score (nSPS) is 18.7. The summed E-state index contributed by atoms with van der Waals surface area (Å²) in [6, 6.07) is 10.8. The van der Waals surface area contributed by atoms with Crippen LogP contribution in [0, 0.1) is 0 Å². The van der Waals surface area contributed by atoms with Crippen LogP contribution in [0.2, 0.25) is 3.93 Å². The van der Waals surface area contributed by atoms with Crippen molar-refractivity contribution in [1.29, 1.82) is 0 Å². The summed E-state index contributed by atoms with van der Waals surface area (Å²) in [6.07, 6.45) is 7.04. The van der Waals surface area contributed by atoms with Crippen LogP contribution in [0.25, 0.3) is 0 Å². The Hall–Kier alpha value is 0.309. The van der Waals surface area contributed by atoms with Gasteiger partial charge < -0.3 is 0 Å². The van der Waals surface area contributed by atoms with Gasteiger partial charge in [0.1, 0.15) is 0 Å². The van der Waals surface area contributed by atoms with Crippen LogP contribution in [0.1, 0.15) is 32.1 Å². The summed E-state index contributed by atoms with van der Waals surface area (Å²) in [6.45, 7) is 0. The molecule has 1 aliphatic rings. The summed E-state index contributed by atoms with van der Waals surface area (Å²) in [5, 5.41) is 0. The second-order valence-corrected chi connectivity index (χ2v) is 12.7. The van der Waals surface area contributed by atoms with Crippen molar-refractivity contribution in [2.75, 3.05) is 0 Å². The Morgan fingerprint density at radius 3 is 2.29 bits per heavy atom. The standard InChI is InChI=1S/C6H11.C6H5.ClH.Sn/c2*1-2-4-6-5-3-1;;/h1H,2-6H2;1-5H;1H;/q;;;+1/p-1. The fourth-order valence-corrected chi connectivity index (χ4v) is 9.91. The van der Waals surface area contributed by atoms with E-state index in [0.717, 1.165) is 3.93 Å². The van der Waals surface area contributed by atoms with Gasteiger partial charge in [-0.05, 0) is 0 Å². The van der Waals surface area contributed by atoms with E-state index in [1.165, 1.54) is 35.7 Å². The third-order valence-corrected chi connectivity index (χ3v) is 12.8. The molecule has 2 rings (SSSR count). The zero-order valence-corrected chi connectivity index (χ0v) is 12.0. The molecule has 75 valence electrons. The Balaban J connectivity index is 2.03. The topological polar surface area (TPSA) is 0 Å². The minimum atomic E-state index is -1.75. The third kappa shape index (κ3) is 2.66. The molecule has 0 nitrogen and oxygen atoms in total. The van der Waals surface area contributed by atoms with Gasteiger partial charge in [-0.1, -0.05) is 0 Å². The van der Waals surface area contributed by atoms with Crippen LogP contribution >= 0.6 is 8.92 Å². The minimum absolute atomic E-state index is 0.898. The average molecular weight is 314 g/mol. The summed E-state index contributed by atoms with van der Waals surface area (Å²) in [4.78, 5) is 0. The molecule has 0 aliphatic heterocycles.